The molecule has 0 heterocycles. The molecule has 1 aromatic rings. The van der Waals surface area contributed by atoms with Crippen LogP contribution in [0.5, 0.6) is 0 Å². The highest BCUT2D eigenvalue weighted by Gasteiger charge is 2.46. The normalized spacial score (nSPS) is 19.1. The highest BCUT2D eigenvalue weighted by molar-refractivity contribution is 7.93. The molecule has 0 aromatic heterocycles. The lowest BCUT2D eigenvalue weighted by Gasteiger charge is -2.30. The van der Waals surface area contributed by atoms with Crippen LogP contribution in [0.15, 0.2) is 29.2 Å². The second-order valence-electron chi connectivity index (χ2n) is 4.60. The van der Waals surface area contributed by atoms with Crippen molar-refractivity contribution in [1.82, 2.24) is 0 Å². The molecule has 0 amide bonds. The summed E-state index contributed by atoms with van der Waals surface area (Å²) in [6.07, 6.45) is 3.34. The van der Waals surface area contributed by atoms with Crippen molar-refractivity contribution in [1.29, 1.82) is 5.26 Å². The van der Waals surface area contributed by atoms with Crippen molar-refractivity contribution < 1.29 is 8.42 Å². The lowest BCUT2D eigenvalue weighted by Crippen LogP contribution is -2.39. The first-order valence-electron chi connectivity index (χ1n) is 5.94. The van der Waals surface area contributed by atoms with Crippen molar-refractivity contribution in [2.75, 3.05) is 0 Å². The molecule has 1 saturated carbocycles. The zero-order valence-electron chi connectivity index (χ0n) is 9.89. The highest BCUT2D eigenvalue weighted by Crippen LogP contribution is 2.40. The molecule has 0 atom stereocenters. The topological polar surface area (TPSA) is 57.9 Å². The third kappa shape index (κ3) is 2.02. The van der Waals surface area contributed by atoms with E-state index >= 15 is 0 Å². The zero-order valence-corrected chi connectivity index (χ0v) is 11.5. The van der Waals surface area contributed by atoms with Crippen LogP contribution in [0.2, 0.25) is 5.02 Å². The second kappa shape index (κ2) is 4.91. The van der Waals surface area contributed by atoms with Gasteiger partial charge in [-0.3, -0.25) is 0 Å². The summed E-state index contributed by atoms with van der Waals surface area (Å²) in [4.78, 5) is 0.0788. The molecule has 0 N–H and O–H groups in total. The Hall–Kier alpha value is -1.05. The van der Waals surface area contributed by atoms with Gasteiger partial charge >= 0.3 is 0 Å². The molecule has 1 aromatic carbocycles. The first-order valence-corrected chi connectivity index (χ1v) is 7.80. The fraction of sp³-hybridized carbons (Fsp3) is 0.462. The van der Waals surface area contributed by atoms with E-state index in [0.717, 1.165) is 19.3 Å². The van der Waals surface area contributed by atoms with E-state index in [2.05, 4.69) is 0 Å². The van der Waals surface area contributed by atoms with E-state index in [0.29, 0.717) is 12.8 Å². The van der Waals surface area contributed by atoms with Crippen molar-refractivity contribution in [2.24, 2.45) is 0 Å². The zero-order chi connectivity index (χ0) is 13.2. The van der Waals surface area contributed by atoms with Crippen molar-refractivity contribution in [3.63, 3.8) is 0 Å². The standard InChI is InChI=1S/C13H14ClNO2S/c14-11-6-2-3-7-12(11)18(16,17)13(10-15)8-4-1-5-9-13/h2-3,6-7H,1,4-5,8-9H2. The minimum absolute atomic E-state index is 0.0788. The molecule has 0 saturated heterocycles. The summed E-state index contributed by atoms with van der Waals surface area (Å²) in [7, 11) is -3.70. The summed E-state index contributed by atoms with van der Waals surface area (Å²) in [5, 5.41) is 9.55. The van der Waals surface area contributed by atoms with Gasteiger partial charge in [0.25, 0.3) is 0 Å². The molecule has 0 aliphatic heterocycles. The van der Waals surface area contributed by atoms with Crippen molar-refractivity contribution in [2.45, 2.75) is 41.7 Å². The molecule has 1 aliphatic rings. The summed E-state index contributed by atoms with van der Waals surface area (Å²) < 4.78 is 24.0. The predicted octanol–water partition coefficient (Wildman–Crippen LogP) is 3.34. The molecule has 2 rings (SSSR count). The number of hydrogen-bond acceptors (Lipinski definition) is 3. The molecule has 18 heavy (non-hydrogen) atoms. The van der Waals surface area contributed by atoms with Gasteiger partial charge in [0.05, 0.1) is 16.0 Å². The number of sulfone groups is 1. The first-order chi connectivity index (χ1) is 8.53. The van der Waals surface area contributed by atoms with Gasteiger partial charge < -0.3 is 0 Å². The Morgan fingerprint density at radius 1 is 1.17 bits per heavy atom. The van der Waals surface area contributed by atoms with Crippen LogP contribution in [0.1, 0.15) is 32.1 Å². The van der Waals surface area contributed by atoms with Gasteiger partial charge in [0.15, 0.2) is 14.6 Å². The molecular formula is C13H14ClNO2S. The Morgan fingerprint density at radius 2 is 1.78 bits per heavy atom. The van der Waals surface area contributed by atoms with Gasteiger partial charge in [-0.15, -0.1) is 0 Å². The predicted molar refractivity (Wildman–Crippen MR) is 70.1 cm³/mol. The van der Waals surface area contributed by atoms with Crippen LogP contribution in [0.4, 0.5) is 0 Å². The van der Waals surface area contributed by atoms with E-state index < -0.39 is 14.6 Å². The summed E-state index contributed by atoms with van der Waals surface area (Å²) >= 11 is 5.96. The number of halogens is 1. The van der Waals surface area contributed by atoms with Crippen LogP contribution in [0.25, 0.3) is 0 Å². The smallest absolute Gasteiger partial charge is 0.198 e. The number of nitriles is 1. The largest absolute Gasteiger partial charge is 0.222 e. The van der Waals surface area contributed by atoms with Crippen molar-refractivity contribution in [3.8, 4) is 6.07 Å². The quantitative estimate of drug-likeness (QED) is 0.836. The van der Waals surface area contributed by atoms with Gasteiger partial charge in [0.2, 0.25) is 0 Å². The summed E-state index contributed by atoms with van der Waals surface area (Å²) in [5.41, 5.74) is 0. The van der Waals surface area contributed by atoms with Crippen LogP contribution in [-0.4, -0.2) is 13.2 Å². The molecule has 96 valence electrons. The van der Waals surface area contributed by atoms with Crippen LogP contribution in [-0.2, 0) is 9.84 Å². The van der Waals surface area contributed by atoms with Gasteiger partial charge in [0, 0.05) is 0 Å². The molecule has 0 unspecified atom stereocenters. The molecule has 0 bridgehead atoms. The number of benzene rings is 1. The molecule has 0 spiro atoms. The lowest BCUT2D eigenvalue weighted by molar-refractivity contribution is 0.430. The summed E-state index contributed by atoms with van der Waals surface area (Å²) in [6.45, 7) is 0. The Bertz CT molecular complexity index is 583. The maximum atomic E-state index is 12.7. The molecule has 5 heteroatoms. The van der Waals surface area contributed by atoms with E-state index in [9.17, 15) is 13.7 Å². The SMILES string of the molecule is N#CC1(S(=O)(=O)c2ccccc2Cl)CCCCC1. The third-order valence-electron chi connectivity index (χ3n) is 3.51. The van der Waals surface area contributed by atoms with Gasteiger partial charge in [-0.1, -0.05) is 43.0 Å². The van der Waals surface area contributed by atoms with E-state index in [1.54, 1.807) is 18.2 Å². The molecule has 0 radical (unpaired) electrons. The van der Waals surface area contributed by atoms with Crippen LogP contribution < -0.4 is 0 Å². The Morgan fingerprint density at radius 3 is 2.33 bits per heavy atom. The maximum absolute atomic E-state index is 12.7. The number of hydrogen-bond donors (Lipinski definition) is 0. The fourth-order valence-electron chi connectivity index (χ4n) is 2.44. The molecule has 1 aliphatic carbocycles. The Kier molecular flexibility index (Phi) is 3.65. The van der Waals surface area contributed by atoms with E-state index in [1.807, 2.05) is 6.07 Å². The monoisotopic (exact) mass is 283 g/mol. The Labute approximate surface area is 112 Å². The van der Waals surface area contributed by atoms with Gasteiger partial charge in [0.1, 0.15) is 0 Å². The average molecular weight is 284 g/mol. The first kappa shape index (κ1) is 13.4. The number of rotatable bonds is 2. The average Bonchev–Trinajstić information content (AvgIpc) is 2.39. The van der Waals surface area contributed by atoms with E-state index in [4.69, 9.17) is 11.6 Å². The van der Waals surface area contributed by atoms with E-state index in [1.165, 1.54) is 6.07 Å². The molecule has 1 fully saturated rings. The number of nitrogens with zero attached hydrogens (tertiary/aromatic N) is 1. The maximum Gasteiger partial charge on any atom is 0.198 e. The summed E-state index contributed by atoms with van der Waals surface area (Å²) in [6, 6.07) is 8.37. The van der Waals surface area contributed by atoms with Crippen LogP contribution in [0, 0.1) is 11.3 Å². The van der Waals surface area contributed by atoms with Gasteiger partial charge in [-0.05, 0) is 25.0 Å². The minimum atomic E-state index is -3.70. The highest BCUT2D eigenvalue weighted by atomic mass is 35.5. The van der Waals surface area contributed by atoms with Crippen LogP contribution >= 0.6 is 11.6 Å². The lowest BCUT2D eigenvalue weighted by atomic mass is 9.89. The molecule has 3 nitrogen and oxygen atoms in total. The minimum Gasteiger partial charge on any atom is -0.222 e. The summed E-state index contributed by atoms with van der Waals surface area (Å²) in [5.74, 6) is 0. The second-order valence-corrected chi connectivity index (χ2v) is 7.24. The van der Waals surface area contributed by atoms with Crippen molar-refractivity contribution in [3.05, 3.63) is 29.3 Å². The third-order valence-corrected chi connectivity index (χ3v) is 6.41. The fourth-order valence-corrected chi connectivity index (χ4v) is 4.83. The van der Waals surface area contributed by atoms with Crippen LogP contribution in [0.3, 0.4) is 0 Å². The van der Waals surface area contributed by atoms with Gasteiger partial charge in [-0.25, -0.2) is 8.42 Å². The van der Waals surface area contributed by atoms with Gasteiger partial charge in [-0.2, -0.15) is 5.26 Å². The van der Waals surface area contributed by atoms with E-state index in [-0.39, 0.29) is 9.92 Å². The molecular weight excluding hydrogens is 270 g/mol. The van der Waals surface area contributed by atoms with Crippen molar-refractivity contribution >= 4 is 21.4 Å². The Balaban J connectivity index is 2.55.